The first-order valence-corrected chi connectivity index (χ1v) is 14.1. The molecule has 10 heteroatoms. The lowest BCUT2D eigenvalue weighted by atomic mass is 9.90. The number of ether oxygens (including phenoxy) is 4. The maximum atomic E-state index is 11.9. The number of esters is 3. The molecule has 0 radical (unpaired) electrons. The summed E-state index contributed by atoms with van der Waals surface area (Å²) in [5.41, 5.74) is 0.597. The standard InChI is InChI=1S/C24H36O9Si/c1-14(25)29-13-19-20(28)22(30-15(2)26)23(31-16(3)27)21(32-19)17-10-9-11-18(12-17)33-34(7,8)24(4,5)6/h9-12,19-23,28H,13H2,1-8H3/t19-,20-,21-,22+,23-/m1/s1. The van der Waals surface area contributed by atoms with E-state index < -0.39 is 56.7 Å². The highest BCUT2D eigenvalue weighted by molar-refractivity contribution is 6.74. The largest absolute Gasteiger partial charge is 0.543 e. The molecule has 0 unspecified atom stereocenters. The third-order valence-corrected chi connectivity index (χ3v) is 10.4. The number of benzene rings is 1. The molecule has 0 bridgehead atoms. The van der Waals surface area contributed by atoms with Crippen LogP contribution in [0, 0.1) is 0 Å². The van der Waals surface area contributed by atoms with E-state index >= 15 is 0 Å². The molecule has 0 amide bonds. The number of carbonyl (C=O) groups excluding carboxylic acids is 3. The predicted molar refractivity (Wildman–Crippen MR) is 126 cm³/mol. The topological polar surface area (TPSA) is 118 Å². The Kier molecular flexibility index (Phi) is 8.90. The van der Waals surface area contributed by atoms with E-state index in [0.29, 0.717) is 11.3 Å². The summed E-state index contributed by atoms with van der Waals surface area (Å²) in [4.78, 5) is 35.0. The van der Waals surface area contributed by atoms with Gasteiger partial charge in [0.25, 0.3) is 0 Å². The molecule has 0 aliphatic carbocycles. The highest BCUT2D eigenvalue weighted by Gasteiger charge is 2.50. The Morgan fingerprint density at radius 3 is 2.12 bits per heavy atom. The molecule has 9 nitrogen and oxygen atoms in total. The monoisotopic (exact) mass is 496 g/mol. The molecule has 5 atom stereocenters. The molecule has 1 fully saturated rings. The first-order valence-electron chi connectivity index (χ1n) is 11.2. The van der Waals surface area contributed by atoms with Gasteiger partial charge in [0.2, 0.25) is 8.32 Å². The average molecular weight is 497 g/mol. The smallest absolute Gasteiger partial charge is 0.303 e. The molecule has 1 aliphatic heterocycles. The molecule has 0 saturated carbocycles. The summed E-state index contributed by atoms with van der Waals surface area (Å²) in [7, 11) is -2.14. The van der Waals surface area contributed by atoms with Gasteiger partial charge in [-0.2, -0.15) is 0 Å². The molecule has 1 N–H and O–H groups in total. The van der Waals surface area contributed by atoms with E-state index in [1.807, 2.05) is 6.07 Å². The van der Waals surface area contributed by atoms with Crippen molar-refractivity contribution in [3.05, 3.63) is 29.8 Å². The van der Waals surface area contributed by atoms with Gasteiger partial charge in [-0.1, -0.05) is 32.9 Å². The number of rotatable bonds is 7. The average Bonchev–Trinajstić information content (AvgIpc) is 2.68. The van der Waals surface area contributed by atoms with Gasteiger partial charge in [0.15, 0.2) is 12.2 Å². The summed E-state index contributed by atoms with van der Waals surface area (Å²) in [5.74, 6) is -1.22. The van der Waals surface area contributed by atoms with Crippen LogP contribution in [0.4, 0.5) is 0 Å². The zero-order valence-corrected chi connectivity index (χ0v) is 22.1. The molecule has 1 saturated heterocycles. The highest BCUT2D eigenvalue weighted by atomic mass is 28.4. The fraction of sp³-hybridized carbons (Fsp3) is 0.625. The molecule has 1 heterocycles. The van der Waals surface area contributed by atoms with Crippen molar-refractivity contribution >= 4 is 26.2 Å². The summed E-state index contributed by atoms with van der Waals surface area (Å²) in [6.07, 6.45) is -5.69. The van der Waals surface area contributed by atoms with Crippen molar-refractivity contribution in [3.63, 3.8) is 0 Å². The van der Waals surface area contributed by atoms with Crippen molar-refractivity contribution in [2.24, 2.45) is 0 Å². The van der Waals surface area contributed by atoms with E-state index in [2.05, 4.69) is 33.9 Å². The number of aliphatic hydroxyl groups is 1. The van der Waals surface area contributed by atoms with Gasteiger partial charge >= 0.3 is 17.9 Å². The van der Waals surface area contributed by atoms with Crippen LogP contribution in [0.5, 0.6) is 5.75 Å². The maximum Gasteiger partial charge on any atom is 0.303 e. The lowest BCUT2D eigenvalue weighted by Gasteiger charge is -2.43. The third kappa shape index (κ3) is 7.03. The molecule has 1 aromatic carbocycles. The van der Waals surface area contributed by atoms with Gasteiger partial charge < -0.3 is 28.5 Å². The van der Waals surface area contributed by atoms with Crippen molar-refractivity contribution in [2.75, 3.05) is 6.61 Å². The Labute approximate surface area is 201 Å². The fourth-order valence-corrected chi connectivity index (χ4v) is 4.40. The van der Waals surface area contributed by atoms with E-state index in [-0.39, 0.29) is 11.6 Å². The Hall–Kier alpha value is -2.43. The Bertz CT molecular complexity index is 893. The van der Waals surface area contributed by atoms with Crippen LogP contribution >= 0.6 is 0 Å². The second-order valence-corrected chi connectivity index (χ2v) is 14.7. The van der Waals surface area contributed by atoms with Crippen molar-refractivity contribution in [1.82, 2.24) is 0 Å². The number of hydrogen-bond acceptors (Lipinski definition) is 9. The first-order chi connectivity index (χ1) is 15.6. The summed E-state index contributed by atoms with van der Waals surface area (Å²) in [6.45, 7) is 14.0. The number of hydrogen-bond donors (Lipinski definition) is 1. The Balaban J connectivity index is 2.47. The summed E-state index contributed by atoms with van der Waals surface area (Å²) in [5, 5.41) is 10.8. The van der Waals surface area contributed by atoms with Gasteiger partial charge in [-0.05, 0) is 35.8 Å². The van der Waals surface area contributed by atoms with Crippen LogP contribution in [0.1, 0.15) is 53.2 Å². The SMILES string of the molecule is CC(=O)OC[C@H]1O[C@H](c2cccc(O[Si](C)(C)C(C)(C)C)c2)[C@@H](OC(C)=O)[C@@H](OC(C)=O)[C@@H]1O. The second-order valence-electron chi connectivity index (χ2n) is 9.97. The van der Waals surface area contributed by atoms with Crippen LogP contribution in [0.15, 0.2) is 24.3 Å². The van der Waals surface area contributed by atoms with Crippen LogP contribution in [0.2, 0.25) is 18.1 Å². The molecule has 0 spiro atoms. The van der Waals surface area contributed by atoms with E-state index in [9.17, 15) is 19.5 Å². The molecular formula is C24H36O9Si. The Morgan fingerprint density at radius 1 is 1.00 bits per heavy atom. The molecule has 2 rings (SSSR count). The second kappa shape index (κ2) is 10.9. The van der Waals surface area contributed by atoms with Crippen molar-refractivity contribution in [3.8, 4) is 5.75 Å². The van der Waals surface area contributed by atoms with Crippen molar-refractivity contribution < 1.29 is 42.9 Å². The summed E-state index contributed by atoms with van der Waals surface area (Å²) < 4.78 is 28.3. The van der Waals surface area contributed by atoms with Crippen LogP contribution in [-0.2, 0) is 33.3 Å². The lowest BCUT2D eigenvalue weighted by Crippen LogP contribution is -2.58. The molecule has 34 heavy (non-hydrogen) atoms. The minimum atomic E-state index is -2.14. The van der Waals surface area contributed by atoms with E-state index in [0.717, 1.165) is 0 Å². The first kappa shape index (κ1) is 27.8. The van der Waals surface area contributed by atoms with Gasteiger partial charge in [0.05, 0.1) is 0 Å². The minimum Gasteiger partial charge on any atom is -0.543 e. The maximum absolute atomic E-state index is 11.9. The van der Waals surface area contributed by atoms with Gasteiger partial charge in [-0.25, -0.2) is 0 Å². The highest BCUT2D eigenvalue weighted by Crippen LogP contribution is 2.40. The van der Waals surface area contributed by atoms with Gasteiger partial charge in [-0.15, -0.1) is 0 Å². The molecule has 0 aromatic heterocycles. The normalized spacial score (nSPS) is 25.3. The number of aliphatic hydroxyl groups excluding tert-OH is 1. The van der Waals surface area contributed by atoms with E-state index in [1.54, 1.807) is 18.2 Å². The molecule has 1 aliphatic rings. The van der Waals surface area contributed by atoms with Gasteiger partial charge in [-0.3, -0.25) is 14.4 Å². The minimum absolute atomic E-state index is 0.0235. The van der Waals surface area contributed by atoms with Crippen LogP contribution < -0.4 is 4.43 Å². The third-order valence-electron chi connectivity index (χ3n) is 6.08. The Morgan fingerprint density at radius 2 is 1.59 bits per heavy atom. The molecule has 1 aromatic rings. The number of carbonyl (C=O) groups is 3. The molecular weight excluding hydrogens is 460 g/mol. The van der Waals surface area contributed by atoms with E-state index in [1.165, 1.54) is 20.8 Å². The van der Waals surface area contributed by atoms with Crippen molar-refractivity contribution in [2.45, 2.75) is 90.2 Å². The fourth-order valence-electron chi connectivity index (χ4n) is 3.38. The lowest BCUT2D eigenvalue weighted by molar-refractivity contribution is -0.249. The summed E-state index contributed by atoms with van der Waals surface area (Å²) >= 11 is 0. The van der Waals surface area contributed by atoms with Crippen LogP contribution in [-0.4, -0.2) is 62.4 Å². The quantitative estimate of drug-likeness (QED) is 0.345. The van der Waals surface area contributed by atoms with Crippen LogP contribution in [0.3, 0.4) is 0 Å². The molecule has 190 valence electrons. The van der Waals surface area contributed by atoms with Crippen LogP contribution in [0.25, 0.3) is 0 Å². The summed E-state index contributed by atoms with van der Waals surface area (Å²) in [6, 6.07) is 7.18. The van der Waals surface area contributed by atoms with Crippen molar-refractivity contribution in [1.29, 1.82) is 0 Å². The van der Waals surface area contributed by atoms with Gasteiger partial charge in [0, 0.05) is 20.8 Å². The predicted octanol–water partition coefficient (Wildman–Crippen LogP) is 3.30. The van der Waals surface area contributed by atoms with E-state index in [4.69, 9.17) is 23.4 Å². The zero-order valence-electron chi connectivity index (χ0n) is 21.1. The van der Waals surface area contributed by atoms with Gasteiger partial charge in [0.1, 0.15) is 30.7 Å². The zero-order chi connectivity index (χ0) is 25.8.